The van der Waals surface area contributed by atoms with Gasteiger partial charge in [0, 0.05) is 44.9 Å². The van der Waals surface area contributed by atoms with E-state index >= 15 is 0 Å². The summed E-state index contributed by atoms with van der Waals surface area (Å²) in [6.45, 7) is 4.35. The zero-order valence-corrected chi connectivity index (χ0v) is 15.6. The van der Waals surface area contributed by atoms with Crippen molar-refractivity contribution < 1.29 is 4.39 Å². The van der Waals surface area contributed by atoms with E-state index in [0.717, 1.165) is 5.56 Å². The molecule has 24 heavy (non-hydrogen) atoms. The van der Waals surface area contributed by atoms with Crippen LogP contribution in [0.4, 0.5) is 4.39 Å². The third-order valence-corrected chi connectivity index (χ3v) is 7.69. The molecule has 0 saturated carbocycles. The summed E-state index contributed by atoms with van der Waals surface area (Å²) >= 11 is 5.56. The molecule has 0 atom stereocenters. The number of thiophene rings is 3. The zero-order chi connectivity index (χ0) is 16.4. The lowest BCUT2D eigenvalue weighted by Gasteiger charge is -1.96. The standard InChI is InChI=1S/C20H13FS3/c1-10-7-14-18-15(8-11(2)22-18)20-16(19(14)23-10)9-17(24-20)12-3-5-13(21)6-4-12/h3-9H,1-2H3. The molecule has 5 rings (SSSR count). The van der Waals surface area contributed by atoms with Crippen molar-refractivity contribution in [3.63, 3.8) is 0 Å². The number of benzene rings is 2. The van der Waals surface area contributed by atoms with Crippen LogP contribution in [0.15, 0.2) is 42.5 Å². The van der Waals surface area contributed by atoms with E-state index in [2.05, 4.69) is 32.0 Å². The Bertz CT molecular complexity index is 1150. The minimum Gasteiger partial charge on any atom is -0.207 e. The first-order valence-electron chi connectivity index (χ1n) is 7.72. The minimum absolute atomic E-state index is 0.188. The second-order valence-electron chi connectivity index (χ2n) is 6.06. The van der Waals surface area contributed by atoms with Crippen molar-refractivity contribution in [2.45, 2.75) is 13.8 Å². The summed E-state index contributed by atoms with van der Waals surface area (Å²) in [6.07, 6.45) is 0. The molecule has 0 spiro atoms. The van der Waals surface area contributed by atoms with Gasteiger partial charge in [0.25, 0.3) is 0 Å². The maximum absolute atomic E-state index is 13.2. The normalized spacial score (nSPS) is 12.0. The SMILES string of the molecule is Cc1cc2c(s1)c1cc(C)sc1c1cc(-c3ccc(F)cc3)sc21. The molecule has 0 aliphatic carbocycles. The fraction of sp³-hybridized carbons (Fsp3) is 0.100. The van der Waals surface area contributed by atoms with Gasteiger partial charge >= 0.3 is 0 Å². The highest BCUT2D eigenvalue weighted by Gasteiger charge is 2.16. The Labute approximate surface area is 150 Å². The summed E-state index contributed by atoms with van der Waals surface area (Å²) in [5.41, 5.74) is 1.08. The molecule has 0 unspecified atom stereocenters. The zero-order valence-electron chi connectivity index (χ0n) is 13.1. The fourth-order valence-electron chi connectivity index (χ4n) is 3.28. The summed E-state index contributed by atoms with van der Waals surface area (Å²) in [4.78, 5) is 3.90. The van der Waals surface area contributed by atoms with Crippen LogP contribution in [0.2, 0.25) is 0 Å². The molecule has 0 amide bonds. The van der Waals surface area contributed by atoms with Crippen molar-refractivity contribution in [2.75, 3.05) is 0 Å². The van der Waals surface area contributed by atoms with Crippen molar-refractivity contribution in [2.24, 2.45) is 0 Å². The summed E-state index contributed by atoms with van der Waals surface area (Å²) in [5, 5.41) is 4.07. The first-order chi connectivity index (χ1) is 11.6. The molecule has 0 nitrogen and oxygen atoms in total. The average molecular weight is 369 g/mol. The molecule has 0 fully saturated rings. The maximum Gasteiger partial charge on any atom is 0.123 e. The van der Waals surface area contributed by atoms with Gasteiger partial charge in [0.1, 0.15) is 5.82 Å². The van der Waals surface area contributed by atoms with E-state index < -0.39 is 0 Å². The van der Waals surface area contributed by atoms with Crippen LogP contribution in [0.25, 0.3) is 40.7 Å². The Balaban J connectivity index is 1.92. The highest BCUT2D eigenvalue weighted by Crippen LogP contribution is 2.47. The summed E-state index contributed by atoms with van der Waals surface area (Å²) in [6, 6.07) is 13.7. The van der Waals surface area contributed by atoms with Gasteiger partial charge in [-0.05, 0) is 49.7 Å². The van der Waals surface area contributed by atoms with Gasteiger partial charge in [0.2, 0.25) is 0 Å². The van der Waals surface area contributed by atoms with Crippen LogP contribution in [-0.4, -0.2) is 0 Å². The predicted octanol–water partition coefficient (Wildman–Crippen LogP) is 7.75. The molecule has 0 bridgehead atoms. The van der Waals surface area contributed by atoms with Gasteiger partial charge in [-0.3, -0.25) is 0 Å². The monoisotopic (exact) mass is 368 g/mol. The van der Waals surface area contributed by atoms with Crippen LogP contribution in [0.1, 0.15) is 9.75 Å². The van der Waals surface area contributed by atoms with Crippen molar-refractivity contribution in [3.8, 4) is 10.4 Å². The molecule has 0 saturated heterocycles. The Morgan fingerprint density at radius 2 is 1.17 bits per heavy atom. The van der Waals surface area contributed by atoms with E-state index in [1.165, 1.54) is 57.0 Å². The van der Waals surface area contributed by atoms with Crippen molar-refractivity contribution in [3.05, 3.63) is 58.0 Å². The van der Waals surface area contributed by atoms with E-state index in [4.69, 9.17) is 0 Å². The smallest absolute Gasteiger partial charge is 0.123 e. The molecule has 0 aliphatic heterocycles. The van der Waals surface area contributed by atoms with Crippen LogP contribution in [0, 0.1) is 19.7 Å². The van der Waals surface area contributed by atoms with Crippen LogP contribution >= 0.6 is 34.0 Å². The predicted molar refractivity (Wildman–Crippen MR) is 107 cm³/mol. The van der Waals surface area contributed by atoms with Crippen LogP contribution in [0.3, 0.4) is 0 Å². The number of hydrogen-bond donors (Lipinski definition) is 0. The van der Waals surface area contributed by atoms with Crippen molar-refractivity contribution >= 4 is 64.3 Å². The number of fused-ring (bicyclic) bond motifs is 6. The quantitative estimate of drug-likeness (QED) is 0.284. The first kappa shape index (κ1) is 14.6. The lowest BCUT2D eigenvalue weighted by molar-refractivity contribution is 0.628. The molecule has 118 valence electrons. The second-order valence-corrected chi connectivity index (χ2v) is 9.62. The lowest BCUT2D eigenvalue weighted by atomic mass is 10.1. The Morgan fingerprint density at radius 3 is 1.75 bits per heavy atom. The number of hydrogen-bond acceptors (Lipinski definition) is 3. The van der Waals surface area contributed by atoms with Gasteiger partial charge in [-0.2, -0.15) is 0 Å². The number of rotatable bonds is 1. The second kappa shape index (κ2) is 5.12. The van der Waals surface area contributed by atoms with E-state index in [9.17, 15) is 4.39 Å². The van der Waals surface area contributed by atoms with Gasteiger partial charge in [0.05, 0.1) is 0 Å². The van der Waals surface area contributed by atoms with Gasteiger partial charge in [-0.1, -0.05) is 12.1 Å². The minimum atomic E-state index is -0.188. The van der Waals surface area contributed by atoms with Crippen LogP contribution in [0.5, 0.6) is 0 Å². The molecule has 3 aromatic heterocycles. The maximum atomic E-state index is 13.2. The molecule has 2 aromatic carbocycles. The summed E-state index contributed by atoms with van der Waals surface area (Å²) < 4.78 is 17.4. The van der Waals surface area contributed by atoms with E-state index in [-0.39, 0.29) is 5.82 Å². The largest absolute Gasteiger partial charge is 0.207 e. The van der Waals surface area contributed by atoms with E-state index in [1.54, 1.807) is 0 Å². The van der Waals surface area contributed by atoms with Gasteiger partial charge < -0.3 is 0 Å². The molecule has 3 heterocycles. The van der Waals surface area contributed by atoms with Crippen LogP contribution in [-0.2, 0) is 0 Å². The van der Waals surface area contributed by atoms with Crippen LogP contribution < -0.4 is 0 Å². The third kappa shape index (κ3) is 2.07. The first-order valence-corrected chi connectivity index (χ1v) is 10.2. The summed E-state index contributed by atoms with van der Waals surface area (Å²) in [5.74, 6) is -0.188. The number of aryl methyl sites for hydroxylation is 2. The fourth-order valence-corrected chi connectivity index (χ4v) is 6.75. The Kier molecular flexibility index (Phi) is 3.11. The Morgan fingerprint density at radius 1 is 0.667 bits per heavy atom. The van der Waals surface area contributed by atoms with Gasteiger partial charge in [-0.15, -0.1) is 34.0 Å². The van der Waals surface area contributed by atoms with Crippen molar-refractivity contribution in [1.82, 2.24) is 0 Å². The van der Waals surface area contributed by atoms with Crippen molar-refractivity contribution in [1.29, 1.82) is 0 Å². The van der Waals surface area contributed by atoms with E-state index in [1.807, 2.05) is 46.1 Å². The molecule has 4 heteroatoms. The summed E-state index contributed by atoms with van der Waals surface area (Å²) in [7, 11) is 0. The molecule has 0 radical (unpaired) electrons. The highest BCUT2D eigenvalue weighted by atomic mass is 32.1. The molecule has 0 N–H and O–H groups in total. The molecule has 5 aromatic rings. The molecular formula is C20H13FS3. The highest BCUT2D eigenvalue weighted by molar-refractivity contribution is 7.28. The number of halogens is 1. The molecule has 0 aliphatic rings. The van der Waals surface area contributed by atoms with E-state index in [0.29, 0.717) is 0 Å². The van der Waals surface area contributed by atoms with Gasteiger partial charge in [0.15, 0.2) is 0 Å². The average Bonchev–Trinajstić information content (AvgIpc) is 3.23. The third-order valence-electron chi connectivity index (χ3n) is 4.31. The lowest BCUT2D eigenvalue weighted by Crippen LogP contribution is -1.73. The topological polar surface area (TPSA) is 0 Å². The molecular weight excluding hydrogens is 355 g/mol. The Hall–Kier alpha value is -1.75. The van der Waals surface area contributed by atoms with Gasteiger partial charge in [-0.25, -0.2) is 4.39 Å².